The number of nitrogens with zero attached hydrogens (tertiary/aromatic N) is 3. The number of aromatic nitrogens is 3. The van der Waals surface area contributed by atoms with Gasteiger partial charge in [-0.2, -0.15) is 4.98 Å². The molecule has 0 aliphatic heterocycles. The molecule has 5 aromatic rings. The summed E-state index contributed by atoms with van der Waals surface area (Å²) in [6.07, 6.45) is 0. The van der Waals surface area contributed by atoms with Crippen molar-refractivity contribution in [1.29, 1.82) is 0 Å². The van der Waals surface area contributed by atoms with Crippen LogP contribution in [0.15, 0.2) is 100 Å². The molecule has 0 amide bonds. The van der Waals surface area contributed by atoms with Crippen molar-refractivity contribution in [3.63, 3.8) is 0 Å². The molecule has 0 unspecified atom stereocenters. The highest BCUT2D eigenvalue weighted by molar-refractivity contribution is 7.91. The van der Waals surface area contributed by atoms with Crippen LogP contribution in [0.1, 0.15) is 0 Å². The first-order valence-electron chi connectivity index (χ1n) is 8.93. The van der Waals surface area contributed by atoms with E-state index in [0.717, 1.165) is 21.8 Å². The smallest absolute Gasteiger partial charge is 0.213 e. The van der Waals surface area contributed by atoms with Gasteiger partial charge in [0.15, 0.2) is 5.82 Å². The molecule has 0 aliphatic rings. The number of hydrogen-bond acceptors (Lipinski definition) is 5. The summed E-state index contributed by atoms with van der Waals surface area (Å²) in [7, 11) is -3.54. The molecule has 142 valence electrons. The van der Waals surface area contributed by atoms with E-state index in [1.165, 1.54) is 11.3 Å². The van der Waals surface area contributed by atoms with Crippen LogP contribution in [0, 0.1) is 0 Å². The highest BCUT2D eigenvalue weighted by atomic mass is 32.2. The van der Waals surface area contributed by atoms with Crippen LogP contribution in [-0.2, 0) is 9.84 Å². The maximum absolute atomic E-state index is 12.7. The van der Waals surface area contributed by atoms with Crippen molar-refractivity contribution in [2.24, 2.45) is 0 Å². The molecular formula is C22H15N3O2S2. The summed E-state index contributed by atoms with van der Waals surface area (Å²) in [5.74, 6) is 0.567. The fourth-order valence-electron chi connectivity index (χ4n) is 3.13. The molecule has 0 saturated heterocycles. The molecule has 0 N–H and O–H groups in total. The average molecular weight is 418 g/mol. The lowest BCUT2D eigenvalue weighted by Crippen LogP contribution is -2.01. The van der Waals surface area contributed by atoms with Gasteiger partial charge in [0.2, 0.25) is 14.8 Å². The summed E-state index contributed by atoms with van der Waals surface area (Å²) in [5.41, 5.74) is 2.82. The van der Waals surface area contributed by atoms with Gasteiger partial charge >= 0.3 is 0 Å². The maximum Gasteiger partial charge on any atom is 0.213 e. The minimum Gasteiger partial charge on any atom is -0.219 e. The van der Waals surface area contributed by atoms with Gasteiger partial charge in [-0.1, -0.05) is 48.5 Å². The standard InChI is InChI=1S/C22H15N3O2S2/c26-29(27,18-9-5-2-6-10-18)19-13-11-17(12-14-19)21-23-22-25(24-21)20(15-28-22)16-7-3-1-4-8-16/h1-15H. The Morgan fingerprint density at radius 2 is 1.34 bits per heavy atom. The molecule has 29 heavy (non-hydrogen) atoms. The quantitative estimate of drug-likeness (QED) is 0.415. The molecule has 2 heterocycles. The lowest BCUT2D eigenvalue weighted by atomic mass is 10.2. The number of benzene rings is 3. The topological polar surface area (TPSA) is 64.3 Å². The Hall–Kier alpha value is -3.29. The van der Waals surface area contributed by atoms with Crippen LogP contribution < -0.4 is 0 Å². The molecule has 5 nitrogen and oxygen atoms in total. The molecule has 5 rings (SSSR count). The fourth-order valence-corrected chi connectivity index (χ4v) is 5.24. The molecule has 0 saturated carbocycles. The van der Waals surface area contributed by atoms with Crippen molar-refractivity contribution < 1.29 is 8.42 Å². The molecule has 2 aromatic heterocycles. The van der Waals surface area contributed by atoms with E-state index in [0.29, 0.717) is 5.82 Å². The van der Waals surface area contributed by atoms with E-state index in [1.807, 2.05) is 40.2 Å². The van der Waals surface area contributed by atoms with Crippen LogP contribution >= 0.6 is 11.3 Å². The molecule has 0 aliphatic carbocycles. The van der Waals surface area contributed by atoms with Crippen molar-refractivity contribution in [3.05, 3.63) is 90.3 Å². The predicted octanol–water partition coefficient (Wildman–Crippen LogP) is 4.96. The molecule has 7 heteroatoms. The van der Waals surface area contributed by atoms with Crippen LogP contribution in [0.5, 0.6) is 0 Å². The maximum atomic E-state index is 12.7. The minimum absolute atomic E-state index is 0.249. The molecule has 0 radical (unpaired) electrons. The molecule has 0 bridgehead atoms. The Labute approximate surface area is 171 Å². The number of rotatable bonds is 4. The Morgan fingerprint density at radius 3 is 2.03 bits per heavy atom. The monoisotopic (exact) mass is 417 g/mol. The van der Waals surface area contributed by atoms with Crippen LogP contribution in [0.2, 0.25) is 0 Å². The number of thiazole rings is 1. The van der Waals surface area contributed by atoms with Crippen LogP contribution in [0.3, 0.4) is 0 Å². The molecule has 0 atom stereocenters. The van der Waals surface area contributed by atoms with Gasteiger partial charge in [0.25, 0.3) is 0 Å². The van der Waals surface area contributed by atoms with Gasteiger partial charge in [0.05, 0.1) is 15.5 Å². The molecular weight excluding hydrogens is 402 g/mol. The lowest BCUT2D eigenvalue weighted by molar-refractivity contribution is 0.596. The Morgan fingerprint density at radius 1 is 0.724 bits per heavy atom. The fraction of sp³-hybridized carbons (Fsp3) is 0. The summed E-state index contributed by atoms with van der Waals surface area (Å²) in [6, 6.07) is 25.1. The lowest BCUT2D eigenvalue weighted by Gasteiger charge is -2.05. The van der Waals surface area contributed by atoms with Gasteiger partial charge in [-0.3, -0.25) is 0 Å². The van der Waals surface area contributed by atoms with Gasteiger partial charge < -0.3 is 0 Å². The second-order valence-corrected chi connectivity index (χ2v) is 9.24. The third kappa shape index (κ3) is 3.14. The minimum atomic E-state index is -3.54. The second kappa shape index (κ2) is 6.95. The van der Waals surface area contributed by atoms with Crippen molar-refractivity contribution in [1.82, 2.24) is 14.6 Å². The van der Waals surface area contributed by atoms with E-state index >= 15 is 0 Å². The van der Waals surface area contributed by atoms with Gasteiger partial charge in [0.1, 0.15) is 0 Å². The molecule has 0 fully saturated rings. The summed E-state index contributed by atoms with van der Waals surface area (Å²) in [6.45, 7) is 0. The Balaban J connectivity index is 1.51. The van der Waals surface area contributed by atoms with Crippen molar-refractivity contribution in [2.75, 3.05) is 0 Å². The predicted molar refractivity (Wildman–Crippen MR) is 114 cm³/mol. The summed E-state index contributed by atoms with van der Waals surface area (Å²) >= 11 is 1.52. The van der Waals surface area contributed by atoms with E-state index in [-0.39, 0.29) is 9.79 Å². The zero-order valence-corrected chi connectivity index (χ0v) is 16.8. The number of hydrogen-bond donors (Lipinski definition) is 0. The highest BCUT2D eigenvalue weighted by Crippen LogP contribution is 2.28. The van der Waals surface area contributed by atoms with Crippen LogP contribution in [0.4, 0.5) is 0 Å². The molecule has 0 spiro atoms. The van der Waals surface area contributed by atoms with Gasteiger partial charge in [-0.15, -0.1) is 16.4 Å². The van der Waals surface area contributed by atoms with Gasteiger partial charge in [-0.05, 0) is 36.4 Å². The van der Waals surface area contributed by atoms with Gasteiger partial charge in [-0.25, -0.2) is 12.9 Å². The third-order valence-corrected chi connectivity index (χ3v) is 7.23. The van der Waals surface area contributed by atoms with E-state index in [2.05, 4.69) is 10.1 Å². The Bertz CT molecular complexity index is 1390. The summed E-state index contributed by atoms with van der Waals surface area (Å²) in [5, 5.41) is 6.67. The first-order chi connectivity index (χ1) is 14.1. The van der Waals surface area contributed by atoms with Crippen molar-refractivity contribution in [3.8, 4) is 22.6 Å². The number of sulfone groups is 1. The van der Waals surface area contributed by atoms with Crippen LogP contribution in [0.25, 0.3) is 27.6 Å². The van der Waals surface area contributed by atoms with Crippen molar-refractivity contribution >= 4 is 26.1 Å². The summed E-state index contributed by atoms with van der Waals surface area (Å²) in [4.78, 5) is 5.92. The summed E-state index contributed by atoms with van der Waals surface area (Å²) < 4.78 is 27.3. The number of fused-ring (bicyclic) bond motifs is 1. The van der Waals surface area contributed by atoms with Gasteiger partial charge in [0, 0.05) is 16.5 Å². The van der Waals surface area contributed by atoms with E-state index in [9.17, 15) is 8.42 Å². The third-order valence-electron chi connectivity index (χ3n) is 4.63. The average Bonchev–Trinajstić information content (AvgIpc) is 3.36. The first-order valence-corrected chi connectivity index (χ1v) is 11.3. The van der Waals surface area contributed by atoms with E-state index < -0.39 is 9.84 Å². The van der Waals surface area contributed by atoms with Crippen molar-refractivity contribution in [2.45, 2.75) is 9.79 Å². The zero-order chi connectivity index (χ0) is 19.8. The van der Waals surface area contributed by atoms with Crippen LogP contribution in [-0.4, -0.2) is 23.0 Å². The normalized spacial score (nSPS) is 11.7. The zero-order valence-electron chi connectivity index (χ0n) is 15.1. The molecule has 3 aromatic carbocycles. The van der Waals surface area contributed by atoms with E-state index in [1.54, 1.807) is 54.6 Å². The van der Waals surface area contributed by atoms with E-state index in [4.69, 9.17) is 0 Å². The second-order valence-electron chi connectivity index (χ2n) is 6.46. The Kier molecular flexibility index (Phi) is 4.26. The largest absolute Gasteiger partial charge is 0.219 e. The first kappa shape index (κ1) is 17.8. The highest BCUT2D eigenvalue weighted by Gasteiger charge is 2.18. The SMILES string of the molecule is O=S(=O)(c1ccccc1)c1ccc(-c2nc3scc(-c4ccccc4)n3n2)cc1.